The number of rotatable bonds is 7. The summed E-state index contributed by atoms with van der Waals surface area (Å²) in [6.07, 6.45) is 0.771. The highest BCUT2D eigenvalue weighted by molar-refractivity contribution is 7.99. The zero-order valence-corrected chi connectivity index (χ0v) is 18.4. The van der Waals surface area contributed by atoms with Crippen LogP contribution in [-0.2, 0) is 18.3 Å². The Morgan fingerprint density at radius 1 is 0.935 bits per heavy atom. The number of carbonyl (C=O) groups is 1. The third-order valence-corrected chi connectivity index (χ3v) is 6.10. The van der Waals surface area contributed by atoms with E-state index in [9.17, 15) is 4.79 Å². The normalized spacial score (nSPS) is 10.8. The maximum absolute atomic E-state index is 12.6. The summed E-state index contributed by atoms with van der Waals surface area (Å²) in [5.74, 6) is 1.000. The molecule has 0 aliphatic heterocycles. The first-order valence-electron chi connectivity index (χ1n) is 10.1. The lowest BCUT2D eigenvalue weighted by atomic mass is 10.0. The topological polar surface area (TPSA) is 59.8 Å². The molecule has 31 heavy (non-hydrogen) atoms. The Hall–Kier alpha value is -3.38. The molecular formula is C25H24N4OS. The number of benzene rings is 3. The van der Waals surface area contributed by atoms with Gasteiger partial charge in [0.15, 0.2) is 11.0 Å². The molecule has 0 saturated heterocycles. The molecule has 0 aliphatic rings. The molecule has 156 valence electrons. The van der Waals surface area contributed by atoms with Crippen LogP contribution < -0.4 is 5.32 Å². The highest BCUT2D eigenvalue weighted by Gasteiger charge is 2.15. The van der Waals surface area contributed by atoms with Crippen molar-refractivity contribution in [3.63, 3.8) is 0 Å². The maximum Gasteiger partial charge on any atom is 0.234 e. The lowest BCUT2D eigenvalue weighted by molar-refractivity contribution is -0.113. The van der Waals surface area contributed by atoms with Gasteiger partial charge in [-0.15, -0.1) is 10.2 Å². The molecule has 0 bridgehead atoms. The summed E-state index contributed by atoms with van der Waals surface area (Å²) in [5, 5.41) is 12.4. The van der Waals surface area contributed by atoms with Crippen molar-refractivity contribution in [2.75, 3.05) is 11.1 Å². The Morgan fingerprint density at radius 2 is 1.65 bits per heavy atom. The smallest absolute Gasteiger partial charge is 0.234 e. The van der Waals surface area contributed by atoms with Crippen molar-refractivity contribution in [2.24, 2.45) is 7.05 Å². The Labute approximate surface area is 186 Å². The van der Waals surface area contributed by atoms with Gasteiger partial charge < -0.3 is 9.88 Å². The number of carbonyl (C=O) groups excluding carboxylic acids is 1. The van der Waals surface area contributed by atoms with Gasteiger partial charge in [0.05, 0.1) is 5.75 Å². The number of aryl methyl sites for hydroxylation is 1. The van der Waals surface area contributed by atoms with Gasteiger partial charge in [0.2, 0.25) is 5.91 Å². The summed E-state index contributed by atoms with van der Waals surface area (Å²) in [5.41, 5.74) is 5.33. The van der Waals surface area contributed by atoms with Crippen molar-refractivity contribution in [2.45, 2.75) is 18.5 Å². The monoisotopic (exact) mass is 428 g/mol. The van der Waals surface area contributed by atoms with E-state index >= 15 is 0 Å². The Kier molecular flexibility index (Phi) is 6.48. The van der Waals surface area contributed by atoms with Gasteiger partial charge in [-0.1, -0.05) is 84.6 Å². The minimum absolute atomic E-state index is 0.0639. The number of hydrogen-bond acceptors (Lipinski definition) is 4. The fourth-order valence-electron chi connectivity index (χ4n) is 3.43. The van der Waals surface area contributed by atoms with Gasteiger partial charge in [-0.05, 0) is 36.1 Å². The zero-order chi connectivity index (χ0) is 21.6. The number of hydrogen-bond donors (Lipinski definition) is 1. The average molecular weight is 429 g/mol. The maximum atomic E-state index is 12.6. The molecule has 0 saturated carbocycles. The van der Waals surface area contributed by atoms with Gasteiger partial charge in [0.1, 0.15) is 0 Å². The van der Waals surface area contributed by atoms with Crippen molar-refractivity contribution in [1.82, 2.24) is 14.8 Å². The van der Waals surface area contributed by atoms with Crippen molar-refractivity contribution < 1.29 is 4.79 Å². The zero-order valence-electron chi connectivity index (χ0n) is 17.6. The number of amides is 1. The minimum Gasteiger partial charge on any atom is -0.325 e. The number of anilines is 1. The molecule has 0 fully saturated rings. The first kappa shape index (κ1) is 20.9. The molecule has 1 N–H and O–H groups in total. The predicted molar refractivity (Wildman–Crippen MR) is 126 cm³/mol. The summed E-state index contributed by atoms with van der Waals surface area (Å²) in [6, 6.07) is 26.2. The van der Waals surface area contributed by atoms with E-state index in [0.717, 1.165) is 34.6 Å². The van der Waals surface area contributed by atoms with E-state index in [1.54, 1.807) is 0 Å². The van der Waals surface area contributed by atoms with Gasteiger partial charge in [-0.3, -0.25) is 4.79 Å². The van der Waals surface area contributed by atoms with Crippen LogP contribution >= 0.6 is 11.8 Å². The second-order valence-corrected chi connectivity index (χ2v) is 8.28. The lowest BCUT2D eigenvalue weighted by Gasteiger charge is -2.11. The molecular weight excluding hydrogens is 404 g/mol. The molecule has 3 aromatic carbocycles. The van der Waals surface area contributed by atoms with Gasteiger partial charge in [0.25, 0.3) is 0 Å². The Bertz CT molecular complexity index is 1190. The molecule has 4 aromatic rings. The molecule has 0 unspecified atom stereocenters. The number of thioether (sulfide) groups is 1. The van der Waals surface area contributed by atoms with Crippen LogP contribution in [-0.4, -0.2) is 26.4 Å². The quantitative estimate of drug-likeness (QED) is 0.416. The minimum atomic E-state index is -0.0639. The van der Waals surface area contributed by atoms with E-state index in [4.69, 9.17) is 0 Å². The second-order valence-electron chi connectivity index (χ2n) is 7.34. The fourth-order valence-corrected chi connectivity index (χ4v) is 4.14. The molecule has 0 aliphatic carbocycles. The van der Waals surface area contributed by atoms with E-state index in [-0.39, 0.29) is 11.7 Å². The summed E-state index contributed by atoms with van der Waals surface area (Å²) in [4.78, 5) is 12.6. The summed E-state index contributed by atoms with van der Waals surface area (Å²) < 4.78 is 1.93. The number of para-hydroxylation sites is 1. The molecule has 1 aromatic heterocycles. The SMILES string of the molecule is Cc1ccccc1-c1nnc(SCC(=O)Nc2ccccc2Cc2ccccc2)n1C. The van der Waals surface area contributed by atoms with E-state index in [1.807, 2.05) is 72.3 Å². The Balaban J connectivity index is 1.41. The molecule has 6 heteroatoms. The third kappa shape index (κ3) is 5.03. The van der Waals surface area contributed by atoms with Crippen LogP contribution in [0.25, 0.3) is 11.4 Å². The van der Waals surface area contributed by atoms with Gasteiger partial charge in [-0.2, -0.15) is 0 Å². The fraction of sp³-hybridized carbons (Fsp3) is 0.160. The van der Waals surface area contributed by atoms with E-state index < -0.39 is 0 Å². The first-order chi connectivity index (χ1) is 15.1. The molecule has 4 rings (SSSR count). The number of aromatic nitrogens is 3. The van der Waals surface area contributed by atoms with Crippen LogP contribution in [0.3, 0.4) is 0 Å². The van der Waals surface area contributed by atoms with Crippen LogP contribution in [0.4, 0.5) is 5.69 Å². The van der Waals surface area contributed by atoms with Gasteiger partial charge in [0, 0.05) is 18.3 Å². The third-order valence-electron chi connectivity index (χ3n) is 5.08. The highest BCUT2D eigenvalue weighted by Crippen LogP contribution is 2.25. The van der Waals surface area contributed by atoms with Crippen LogP contribution in [0, 0.1) is 6.92 Å². The van der Waals surface area contributed by atoms with Gasteiger partial charge in [-0.25, -0.2) is 0 Å². The van der Waals surface area contributed by atoms with Crippen molar-refractivity contribution in [3.8, 4) is 11.4 Å². The molecule has 0 atom stereocenters. The van der Waals surface area contributed by atoms with Crippen molar-refractivity contribution in [3.05, 3.63) is 95.6 Å². The highest BCUT2D eigenvalue weighted by atomic mass is 32.2. The molecule has 1 heterocycles. The van der Waals surface area contributed by atoms with Crippen molar-refractivity contribution >= 4 is 23.4 Å². The number of nitrogens with one attached hydrogen (secondary N) is 1. The first-order valence-corrected chi connectivity index (χ1v) is 11.1. The molecule has 0 radical (unpaired) electrons. The van der Waals surface area contributed by atoms with E-state index in [2.05, 4.69) is 40.6 Å². The van der Waals surface area contributed by atoms with Crippen molar-refractivity contribution in [1.29, 1.82) is 0 Å². The van der Waals surface area contributed by atoms with Crippen LogP contribution in [0.1, 0.15) is 16.7 Å². The molecule has 1 amide bonds. The predicted octanol–water partition coefficient (Wildman–Crippen LogP) is 5.11. The van der Waals surface area contributed by atoms with Crippen LogP contribution in [0.15, 0.2) is 84.0 Å². The summed E-state index contributed by atoms with van der Waals surface area (Å²) in [7, 11) is 1.93. The number of nitrogens with zero attached hydrogens (tertiary/aromatic N) is 3. The van der Waals surface area contributed by atoms with Gasteiger partial charge >= 0.3 is 0 Å². The van der Waals surface area contributed by atoms with Crippen LogP contribution in [0.2, 0.25) is 0 Å². The molecule has 5 nitrogen and oxygen atoms in total. The Morgan fingerprint density at radius 3 is 2.45 bits per heavy atom. The standard InChI is InChI=1S/C25H24N4OS/c1-18-10-6-8-14-21(18)24-27-28-25(29(24)2)31-17-23(30)26-22-15-9-7-13-20(22)16-19-11-4-3-5-12-19/h3-15H,16-17H2,1-2H3,(H,26,30). The largest absolute Gasteiger partial charge is 0.325 e. The van der Waals surface area contributed by atoms with E-state index in [0.29, 0.717) is 5.16 Å². The average Bonchev–Trinajstić information content (AvgIpc) is 3.15. The van der Waals surface area contributed by atoms with Crippen LogP contribution in [0.5, 0.6) is 0 Å². The second kappa shape index (κ2) is 9.62. The summed E-state index contributed by atoms with van der Waals surface area (Å²) in [6.45, 7) is 2.05. The lowest BCUT2D eigenvalue weighted by Crippen LogP contribution is -2.15. The summed E-state index contributed by atoms with van der Waals surface area (Å²) >= 11 is 1.38. The van der Waals surface area contributed by atoms with E-state index in [1.165, 1.54) is 17.3 Å². The molecule has 0 spiro atoms.